The molecule has 2 N–H and O–H groups in total. The standard InChI is InChI=1S/C15H11Cl3N2O3/c16-10-1-4-14(9(5-10)7-19-22)23-8-15(21)20-11-2-3-12(17)13(18)6-11/h1-7,22H,8H2,(H,20,21)/b19-7+. The highest BCUT2D eigenvalue weighted by molar-refractivity contribution is 6.42. The molecule has 0 aromatic heterocycles. The molecule has 0 aliphatic carbocycles. The van der Waals surface area contributed by atoms with E-state index >= 15 is 0 Å². The van der Waals surface area contributed by atoms with Crippen LogP contribution in [0.2, 0.25) is 15.1 Å². The van der Waals surface area contributed by atoms with E-state index in [1.807, 2.05) is 0 Å². The molecule has 0 saturated carbocycles. The fraction of sp³-hybridized carbons (Fsp3) is 0.0667. The van der Waals surface area contributed by atoms with Crippen LogP contribution >= 0.6 is 34.8 Å². The SMILES string of the molecule is O=C(COc1ccc(Cl)cc1/C=N/O)Nc1ccc(Cl)c(Cl)c1. The first-order valence-corrected chi connectivity index (χ1v) is 7.47. The second-order valence-electron chi connectivity index (χ2n) is 4.39. The number of amides is 1. The van der Waals surface area contributed by atoms with Crippen LogP contribution in [0.4, 0.5) is 5.69 Å². The van der Waals surface area contributed by atoms with E-state index in [9.17, 15) is 4.79 Å². The van der Waals surface area contributed by atoms with Crippen LogP contribution in [0.5, 0.6) is 5.75 Å². The first-order valence-electron chi connectivity index (χ1n) is 6.34. The summed E-state index contributed by atoms with van der Waals surface area (Å²) in [6, 6.07) is 9.46. The normalized spacial score (nSPS) is 10.7. The maximum atomic E-state index is 11.9. The number of hydrogen-bond acceptors (Lipinski definition) is 4. The molecule has 0 unspecified atom stereocenters. The molecule has 0 fully saturated rings. The summed E-state index contributed by atoms with van der Waals surface area (Å²) in [5.41, 5.74) is 0.948. The van der Waals surface area contributed by atoms with Gasteiger partial charge in [-0.25, -0.2) is 0 Å². The van der Waals surface area contributed by atoms with E-state index in [1.54, 1.807) is 30.3 Å². The molecule has 0 bridgehead atoms. The van der Waals surface area contributed by atoms with Crippen molar-refractivity contribution in [1.29, 1.82) is 0 Å². The Balaban J connectivity index is 2.00. The van der Waals surface area contributed by atoms with E-state index in [0.717, 1.165) is 6.21 Å². The van der Waals surface area contributed by atoms with Crippen LogP contribution in [-0.2, 0) is 4.79 Å². The Labute approximate surface area is 147 Å². The number of ether oxygens (including phenoxy) is 1. The van der Waals surface area contributed by atoms with Crippen molar-refractivity contribution in [2.45, 2.75) is 0 Å². The molecular weight excluding hydrogens is 363 g/mol. The average Bonchev–Trinajstić information content (AvgIpc) is 2.50. The average molecular weight is 374 g/mol. The van der Waals surface area contributed by atoms with Crippen molar-refractivity contribution in [3.63, 3.8) is 0 Å². The van der Waals surface area contributed by atoms with Crippen molar-refractivity contribution >= 4 is 52.6 Å². The third-order valence-electron chi connectivity index (χ3n) is 2.73. The predicted molar refractivity (Wildman–Crippen MR) is 91.4 cm³/mol. The molecule has 0 aliphatic rings. The lowest BCUT2D eigenvalue weighted by atomic mass is 10.2. The minimum atomic E-state index is -0.384. The zero-order valence-corrected chi connectivity index (χ0v) is 13.9. The van der Waals surface area contributed by atoms with Crippen LogP contribution in [0.15, 0.2) is 41.6 Å². The monoisotopic (exact) mass is 372 g/mol. The van der Waals surface area contributed by atoms with E-state index in [1.165, 1.54) is 6.07 Å². The van der Waals surface area contributed by atoms with Crippen LogP contribution in [-0.4, -0.2) is 23.9 Å². The first kappa shape index (κ1) is 17.4. The molecule has 0 saturated heterocycles. The van der Waals surface area contributed by atoms with Crippen LogP contribution < -0.4 is 10.1 Å². The van der Waals surface area contributed by atoms with Gasteiger partial charge in [-0.3, -0.25) is 4.79 Å². The van der Waals surface area contributed by atoms with Crippen LogP contribution in [0, 0.1) is 0 Å². The van der Waals surface area contributed by atoms with Crippen molar-refractivity contribution in [1.82, 2.24) is 0 Å². The number of oxime groups is 1. The van der Waals surface area contributed by atoms with Gasteiger partial charge in [0.25, 0.3) is 5.91 Å². The van der Waals surface area contributed by atoms with Gasteiger partial charge in [-0.05, 0) is 36.4 Å². The summed E-state index contributed by atoms with van der Waals surface area (Å²) >= 11 is 17.5. The van der Waals surface area contributed by atoms with Gasteiger partial charge in [0.1, 0.15) is 5.75 Å². The quantitative estimate of drug-likeness (QED) is 0.461. The van der Waals surface area contributed by atoms with E-state index in [2.05, 4.69) is 10.5 Å². The number of anilines is 1. The molecular formula is C15H11Cl3N2O3. The van der Waals surface area contributed by atoms with Crippen LogP contribution in [0.3, 0.4) is 0 Å². The van der Waals surface area contributed by atoms with Crippen molar-refractivity contribution in [2.24, 2.45) is 5.16 Å². The van der Waals surface area contributed by atoms with Gasteiger partial charge in [0, 0.05) is 16.3 Å². The number of nitrogens with one attached hydrogen (secondary N) is 1. The number of halogens is 3. The lowest BCUT2D eigenvalue weighted by Gasteiger charge is -2.10. The number of benzene rings is 2. The van der Waals surface area contributed by atoms with Gasteiger partial charge in [0.05, 0.1) is 16.3 Å². The second-order valence-corrected chi connectivity index (χ2v) is 5.64. The van der Waals surface area contributed by atoms with Gasteiger partial charge in [-0.2, -0.15) is 0 Å². The zero-order valence-electron chi connectivity index (χ0n) is 11.6. The summed E-state index contributed by atoms with van der Waals surface area (Å²) < 4.78 is 5.40. The zero-order chi connectivity index (χ0) is 16.8. The van der Waals surface area contributed by atoms with Crippen molar-refractivity contribution in [2.75, 3.05) is 11.9 Å². The highest BCUT2D eigenvalue weighted by Crippen LogP contribution is 2.25. The van der Waals surface area contributed by atoms with Gasteiger partial charge in [0.2, 0.25) is 0 Å². The van der Waals surface area contributed by atoms with Crippen molar-refractivity contribution < 1.29 is 14.7 Å². The molecule has 2 rings (SSSR count). The third-order valence-corrected chi connectivity index (χ3v) is 3.70. The summed E-state index contributed by atoms with van der Waals surface area (Å²) in [5, 5.41) is 15.4. The topological polar surface area (TPSA) is 70.9 Å². The Bertz CT molecular complexity index is 751. The predicted octanol–water partition coefficient (Wildman–Crippen LogP) is 4.47. The summed E-state index contributed by atoms with van der Waals surface area (Å²) in [6.07, 6.45) is 1.16. The summed E-state index contributed by atoms with van der Waals surface area (Å²) in [7, 11) is 0. The van der Waals surface area contributed by atoms with Crippen molar-refractivity contribution in [3.05, 3.63) is 57.0 Å². The number of hydrogen-bond donors (Lipinski definition) is 2. The summed E-state index contributed by atoms with van der Waals surface area (Å²) in [4.78, 5) is 11.9. The molecule has 120 valence electrons. The molecule has 0 aliphatic heterocycles. The van der Waals surface area contributed by atoms with Crippen LogP contribution in [0.1, 0.15) is 5.56 Å². The lowest BCUT2D eigenvalue weighted by molar-refractivity contribution is -0.118. The molecule has 2 aromatic rings. The Kier molecular flexibility index (Phi) is 6.10. The van der Waals surface area contributed by atoms with E-state index < -0.39 is 0 Å². The van der Waals surface area contributed by atoms with Gasteiger partial charge >= 0.3 is 0 Å². The minimum Gasteiger partial charge on any atom is -0.483 e. The van der Waals surface area contributed by atoms with E-state index in [0.29, 0.717) is 32.1 Å². The van der Waals surface area contributed by atoms with Crippen LogP contribution in [0.25, 0.3) is 0 Å². The number of carbonyl (C=O) groups is 1. The number of carbonyl (C=O) groups excluding carboxylic acids is 1. The van der Waals surface area contributed by atoms with Gasteiger partial charge in [-0.15, -0.1) is 0 Å². The first-order chi connectivity index (χ1) is 11.0. The fourth-order valence-corrected chi connectivity index (χ4v) is 2.21. The molecule has 8 heteroatoms. The van der Waals surface area contributed by atoms with Gasteiger partial charge in [0.15, 0.2) is 6.61 Å². The summed E-state index contributed by atoms with van der Waals surface area (Å²) in [6.45, 7) is -0.242. The van der Waals surface area contributed by atoms with E-state index in [4.69, 9.17) is 44.7 Å². The Morgan fingerprint density at radius 2 is 1.96 bits per heavy atom. The Morgan fingerprint density at radius 3 is 2.65 bits per heavy atom. The van der Waals surface area contributed by atoms with Crippen molar-refractivity contribution in [3.8, 4) is 5.75 Å². The molecule has 2 aromatic carbocycles. The molecule has 1 amide bonds. The third kappa shape index (κ3) is 5.03. The Hall–Kier alpha value is -1.95. The largest absolute Gasteiger partial charge is 0.483 e. The maximum absolute atomic E-state index is 11.9. The highest BCUT2D eigenvalue weighted by Gasteiger charge is 2.08. The molecule has 23 heavy (non-hydrogen) atoms. The second kappa shape index (κ2) is 8.06. The molecule has 0 atom stereocenters. The maximum Gasteiger partial charge on any atom is 0.262 e. The number of rotatable bonds is 5. The highest BCUT2D eigenvalue weighted by atomic mass is 35.5. The number of nitrogens with zero attached hydrogens (tertiary/aromatic N) is 1. The fourth-order valence-electron chi connectivity index (χ4n) is 1.73. The lowest BCUT2D eigenvalue weighted by Crippen LogP contribution is -2.20. The molecule has 0 heterocycles. The molecule has 0 radical (unpaired) electrons. The molecule has 5 nitrogen and oxygen atoms in total. The van der Waals surface area contributed by atoms with E-state index in [-0.39, 0.29) is 12.5 Å². The van der Waals surface area contributed by atoms with Gasteiger partial charge < -0.3 is 15.3 Å². The molecule has 0 spiro atoms. The smallest absolute Gasteiger partial charge is 0.262 e. The summed E-state index contributed by atoms with van der Waals surface area (Å²) in [5.74, 6) is -0.0262. The Morgan fingerprint density at radius 1 is 1.17 bits per heavy atom. The minimum absolute atomic E-state index is 0.242. The van der Waals surface area contributed by atoms with Gasteiger partial charge in [-0.1, -0.05) is 40.0 Å².